The van der Waals surface area contributed by atoms with Crippen LogP contribution in [0.4, 0.5) is 10.7 Å². The van der Waals surface area contributed by atoms with E-state index in [2.05, 4.69) is 42.5 Å². The molecular weight excluding hydrogens is 636 g/mol. The molecule has 3 aromatic carbocycles. The number of piperazine rings is 1. The third-order valence-electron chi connectivity index (χ3n) is 8.88. The largest absolute Gasteiger partial charge is 0.465 e. The Labute approximate surface area is 292 Å². The summed E-state index contributed by atoms with van der Waals surface area (Å²) in [5.74, 6) is 0.288. The number of esters is 1. The minimum atomic E-state index is -0.548. The van der Waals surface area contributed by atoms with E-state index in [0.29, 0.717) is 6.54 Å². The molecule has 6 rings (SSSR count). The van der Waals surface area contributed by atoms with Crippen LogP contribution in [0.5, 0.6) is 0 Å². The van der Waals surface area contributed by atoms with Gasteiger partial charge in [-0.2, -0.15) is 0 Å². The van der Waals surface area contributed by atoms with Crippen LogP contribution in [0.2, 0.25) is 0 Å². The molecule has 0 bridgehead atoms. The van der Waals surface area contributed by atoms with Gasteiger partial charge in [-0.3, -0.25) is 9.69 Å². The maximum Gasteiger partial charge on any atom is 0.325 e. The zero-order valence-corrected chi connectivity index (χ0v) is 28.2. The highest BCUT2D eigenvalue weighted by molar-refractivity contribution is 5.80. The van der Waals surface area contributed by atoms with Crippen molar-refractivity contribution in [2.24, 2.45) is 0 Å². The van der Waals surface area contributed by atoms with Crippen LogP contribution in [-0.4, -0.2) is 84.0 Å². The predicted octanol–water partition coefficient (Wildman–Crippen LogP) is 4.37. The highest BCUT2D eigenvalue weighted by Crippen LogP contribution is 2.38. The van der Waals surface area contributed by atoms with E-state index in [4.69, 9.17) is 14.2 Å². The fourth-order valence-corrected chi connectivity index (χ4v) is 6.21. The highest BCUT2D eigenvalue weighted by atomic mass is 16.7. The summed E-state index contributed by atoms with van der Waals surface area (Å²) in [5, 5.41) is 14.8. The number of aromatic nitrogens is 2. The number of hydrogen-bond acceptors (Lipinski definition) is 10. The fourth-order valence-electron chi connectivity index (χ4n) is 6.21. The molecule has 12 nitrogen and oxygen atoms in total. The SMILES string of the molecule is CCOC(=O)CNC(=O)NCc1cccc(-c2ccc([C@@H]3O[C@H](CN4CCN(c5ncccn5)CC4)C[C@H](c4ccc(CO)cc4)O3)cc2)c1. The Morgan fingerprint density at radius 2 is 1.60 bits per heavy atom. The van der Waals surface area contributed by atoms with Crippen LogP contribution in [0.15, 0.2) is 91.3 Å². The molecule has 0 aliphatic carbocycles. The summed E-state index contributed by atoms with van der Waals surface area (Å²) in [7, 11) is 0. The van der Waals surface area contributed by atoms with Gasteiger partial charge < -0.3 is 34.9 Å². The smallest absolute Gasteiger partial charge is 0.325 e. The number of carbonyl (C=O) groups excluding carboxylic acids is 2. The van der Waals surface area contributed by atoms with Gasteiger partial charge in [0.2, 0.25) is 5.95 Å². The first kappa shape index (κ1) is 35.0. The van der Waals surface area contributed by atoms with E-state index in [1.165, 1.54) is 0 Å². The van der Waals surface area contributed by atoms with Crippen LogP contribution in [0, 0.1) is 0 Å². The lowest BCUT2D eigenvalue weighted by molar-refractivity contribution is -0.253. The predicted molar refractivity (Wildman–Crippen MR) is 188 cm³/mol. The van der Waals surface area contributed by atoms with Crippen molar-refractivity contribution in [3.05, 3.63) is 114 Å². The summed E-state index contributed by atoms with van der Waals surface area (Å²) in [6.07, 6.45) is 3.52. The molecular formula is C38H44N6O6. The van der Waals surface area contributed by atoms with Crippen molar-refractivity contribution in [2.75, 3.05) is 50.8 Å². The topological polar surface area (TPSA) is 138 Å². The van der Waals surface area contributed by atoms with E-state index in [-0.39, 0.29) is 32.0 Å². The molecule has 2 aliphatic heterocycles. The van der Waals surface area contributed by atoms with Gasteiger partial charge in [-0.25, -0.2) is 14.8 Å². The number of aliphatic hydroxyl groups is 1. The van der Waals surface area contributed by atoms with Gasteiger partial charge in [-0.05, 0) is 46.9 Å². The lowest BCUT2D eigenvalue weighted by Crippen LogP contribution is -2.50. The number of rotatable bonds is 12. The van der Waals surface area contributed by atoms with Crippen LogP contribution in [0.25, 0.3) is 11.1 Å². The van der Waals surface area contributed by atoms with Gasteiger partial charge in [0.15, 0.2) is 6.29 Å². The molecule has 3 atom stereocenters. The third-order valence-corrected chi connectivity index (χ3v) is 8.88. The maximum absolute atomic E-state index is 12.1. The molecule has 0 saturated carbocycles. The van der Waals surface area contributed by atoms with Crippen LogP contribution in [-0.2, 0) is 32.2 Å². The average Bonchev–Trinajstić information content (AvgIpc) is 3.17. The molecule has 12 heteroatoms. The number of aliphatic hydroxyl groups excluding tert-OH is 1. The van der Waals surface area contributed by atoms with E-state index in [0.717, 1.165) is 78.5 Å². The van der Waals surface area contributed by atoms with E-state index in [1.54, 1.807) is 19.3 Å². The standard InChI is InChI=1S/C38H44N6O6/c1-2-48-35(46)24-42-38(47)41-23-28-5-3-6-32(21-28)29-11-13-31(14-12-29)36-49-33(22-34(50-36)30-9-7-27(26-45)8-10-30)25-43-17-19-44(20-18-43)37-39-15-4-16-40-37/h3-16,21,33-34,36,45H,2,17-20,22-26H2,1H3,(H2,41,42,47)/t33-,34+,36+/m0/s1. The number of carbonyl (C=O) groups is 2. The van der Waals surface area contributed by atoms with E-state index in [1.807, 2.05) is 66.7 Å². The average molecular weight is 681 g/mol. The number of ether oxygens (including phenoxy) is 3. The summed E-state index contributed by atoms with van der Waals surface area (Å²) < 4.78 is 18.1. The number of anilines is 1. The molecule has 2 amide bonds. The molecule has 3 heterocycles. The van der Waals surface area contributed by atoms with Crippen molar-refractivity contribution < 1.29 is 28.9 Å². The van der Waals surface area contributed by atoms with Crippen molar-refractivity contribution in [3.8, 4) is 11.1 Å². The first-order chi connectivity index (χ1) is 24.5. The quantitative estimate of drug-likeness (QED) is 0.185. The Morgan fingerprint density at radius 1 is 0.860 bits per heavy atom. The van der Waals surface area contributed by atoms with Crippen LogP contribution < -0.4 is 15.5 Å². The Morgan fingerprint density at radius 3 is 2.32 bits per heavy atom. The normalized spacial score (nSPS) is 19.5. The summed E-state index contributed by atoms with van der Waals surface area (Å²) in [5.41, 5.74) is 5.80. The monoisotopic (exact) mass is 680 g/mol. The summed E-state index contributed by atoms with van der Waals surface area (Å²) in [4.78, 5) is 37.1. The Bertz CT molecular complexity index is 1680. The third kappa shape index (κ3) is 9.42. The van der Waals surface area contributed by atoms with Gasteiger partial charge in [0.05, 0.1) is 25.4 Å². The van der Waals surface area contributed by atoms with Gasteiger partial charge in [0.25, 0.3) is 0 Å². The molecule has 2 aliphatic rings. The summed E-state index contributed by atoms with van der Waals surface area (Å²) in [6.45, 7) is 6.38. The number of benzene rings is 3. The Hall–Kier alpha value is -4.88. The van der Waals surface area contributed by atoms with E-state index >= 15 is 0 Å². The van der Waals surface area contributed by atoms with Crippen molar-refractivity contribution >= 4 is 17.9 Å². The second-order valence-electron chi connectivity index (χ2n) is 12.4. The number of nitrogens with one attached hydrogen (secondary N) is 2. The Balaban J connectivity index is 1.10. The lowest BCUT2D eigenvalue weighted by atomic mass is 9.99. The molecule has 4 aromatic rings. The van der Waals surface area contributed by atoms with Crippen molar-refractivity contribution in [2.45, 2.75) is 45.0 Å². The molecule has 2 fully saturated rings. The zero-order valence-electron chi connectivity index (χ0n) is 28.2. The van der Waals surface area contributed by atoms with Crippen LogP contribution in [0.3, 0.4) is 0 Å². The highest BCUT2D eigenvalue weighted by Gasteiger charge is 2.34. The minimum absolute atomic E-state index is 0.00160. The Kier molecular flexibility index (Phi) is 12.0. The molecule has 0 spiro atoms. The number of urea groups is 1. The van der Waals surface area contributed by atoms with Crippen LogP contribution >= 0.6 is 0 Å². The molecule has 1 aromatic heterocycles. The molecule has 0 radical (unpaired) electrons. The molecule has 2 saturated heterocycles. The second-order valence-corrected chi connectivity index (χ2v) is 12.4. The maximum atomic E-state index is 12.1. The molecule has 262 valence electrons. The number of nitrogens with zero attached hydrogens (tertiary/aromatic N) is 4. The minimum Gasteiger partial charge on any atom is -0.465 e. The summed E-state index contributed by atoms with van der Waals surface area (Å²) in [6, 6.07) is 25.5. The van der Waals surface area contributed by atoms with E-state index < -0.39 is 18.3 Å². The molecule has 3 N–H and O–H groups in total. The lowest BCUT2D eigenvalue weighted by Gasteiger charge is -2.40. The molecule has 0 unspecified atom stereocenters. The van der Waals surface area contributed by atoms with Crippen molar-refractivity contribution in [1.29, 1.82) is 0 Å². The van der Waals surface area contributed by atoms with Crippen molar-refractivity contribution in [3.63, 3.8) is 0 Å². The first-order valence-corrected chi connectivity index (χ1v) is 17.1. The van der Waals surface area contributed by atoms with Gasteiger partial charge >= 0.3 is 12.0 Å². The first-order valence-electron chi connectivity index (χ1n) is 17.1. The van der Waals surface area contributed by atoms with Gasteiger partial charge in [0, 0.05) is 63.6 Å². The van der Waals surface area contributed by atoms with Gasteiger partial charge in [-0.1, -0.05) is 66.7 Å². The number of amides is 2. The van der Waals surface area contributed by atoms with Gasteiger partial charge in [-0.15, -0.1) is 0 Å². The van der Waals surface area contributed by atoms with Gasteiger partial charge in [0.1, 0.15) is 6.54 Å². The number of hydrogen-bond donors (Lipinski definition) is 3. The second kappa shape index (κ2) is 17.2. The molecule has 50 heavy (non-hydrogen) atoms. The van der Waals surface area contributed by atoms with Crippen molar-refractivity contribution in [1.82, 2.24) is 25.5 Å². The van der Waals surface area contributed by atoms with Crippen LogP contribution in [0.1, 0.15) is 48.0 Å². The van der Waals surface area contributed by atoms with E-state index in [9.17, 15) is 14.7 Å². The zero-order chi connectivity index (χ0) is 34.7. The fraction of sp³-hybridized carbons (Fsp3) is 0.368. The summed E-state index contributed by atoms with van der Waals surface area (Å²) >= 11 is 0.